The summed E-state index contributed by atoms with van der Waals surface area (Å²) in [6, 6.07) is 5.59. The molecular weight excluding hydrogens is 190 g/mol. The normalized spacial score (nSPS) is 11.7. The van der Waals surface area contributed by atoms with Crippen molar-refractivity contribution < 1.29 is 4.52 Å². The highest BCUT2D eigenvalue weighted by Gasteiger charge is 2.20. The Morgan fingerprint density at radius 3 is 2.53 bits per heavy atom. The van der Waals surface area contributed by atoms with E-state index in [9.17, 15) is 0 Å². The molecular formula is C11H13N3O. The summed E-state index contributed by atoms with van der Waals surface area (Å²) in [7, 11) is 0. The lowest BCUT2D eigenvalue weighted by atomic mass is 9.93. The van der Waals surface area contributed by atoms with E-state index in [2.05, 4.69) is 36.1 Å². The molecule has 0 aliphatic rings. The van der Waals surface area contributed by atoms with E-state index >= 15 is 0 Å². The molecule has 2 aromatic heterocycles. The number of rotatable bonds is 1. The maximum Gasteiger partial charge on any atom is 0.142 e. The van der Waals surface area contributed by atoms with Gasteiger partial charge in [0.25, 0.3) is 0 Å². The van der Waals surface area contributed by atoms with Crippen molar-refractivity contribution in [3.8, 4) is 11.4 Å². The highest BCUT2D eigenvalue weighted by Crippen LogP contribution is 2.25. The van der Waals surface area contributed by atoms with Crippen molar-refractivity contribution in [3.63, 3.8) is 0 Å². The van der Waals surface area contributed by atoms with Crippen LogP contribution in [0.25, 0.3) is 11.4 Å². The van der Waals surface area contributed by atoms with Gasteiger partial charge in [-0.2, -0.15) is 5.10 Å². The monoisotopic (exact) mass is 203 g/mol. The Hall–Kier alpha value is -1.71. The zero-order valence-corrected chi connectivity index (χ0v) is 9.06. The summed E-state index contributed by atoms with van der Waals surface area (Å²) >= 11 is 0. The Morgan fingerprint density at radius 1 is 1.20 bits per heavy atom. The maximum atomic E-state index is 5.27. The molecule has 0 aliphatic carbocycles. The third-order valence-electron chi connectivity index (χ3n) is 2.08. The molecule has 0 spiro atoms. The number of nitrogens with zero attached hydrogens (tertiary/aromatic N) is 3. The average Bonchev–Trinajstić information content (AvgIpc) is 2.67. The molecule has 2 aromatic rings. The van der Waals surface area contributed by atoms with Gasteiger partial charge in [-0.15, -0.1) is 5.10 Å². The second kappa shape index (κ2) is 3.46. The van der Waals surface area contributed by atoms with Crippen molar-refractivity contribution in [2.45, 2.75) is 26.2 Å². The van der Waals surface area contributed by atoms with Gasteiger partial charge in [0.2, 0.25) is 0 Å². The van der Waals surface area contributed by atoms with Crippen molar-refractivity contribution in [1.29, 1.82) is 0 Å². The van der Waals surface area contributed by atoms with Gasteiger partial charge in [-0.05, 0) is 12.1 Å². The molecule has 15 heavy (non-hydrogen) atoms. The zero-order valence-electron chi connectivity index (χ0n) is 9.06. The Kier molecular flexibility index (Phi) is 2.26. The first kappa shape index (κ1) is 9.83. The minimum absolute atomic E-state index is 0.0343. The van der Waals surface area contributed by atoms with E-state index in [1.54, 1.807) is 6.20 Å². The van der Waals surface area contributed by atoms with Gasteiger partial charge in [-0.3, -0.25) is 0 Å². The van der Waals surface area contributed by atoms with Crippen LogP contribution in [0.3, 0.4) is 0 Å². The molecule has 0 atom stereocenters. The lowest BCUT2D eigenvalue weighted by Gasteiger charge is -2.12. The Labute approximate surface area is 88.3 Å². The molecule has 0 radical (unpaired) electrons. The molecule has 0 aromatic carbocycles. The second-order valence-electron chi connectivity index (χ2n) is 4.44. The van der Waals surface area contributed by atoms with Crippen molar-refractivity contribution in [1.82, 2.24) is 15.4 Å². The molecule has 0 N–H and O–H groups in total. The summed E-state index contributed by atoms with van der Waals surface area (Å²) in [6.07, 6.45) is 1.63. The molecule has 0 unspecified atom stereocenters. The van der Waals surface area contributed by atoms with Crippen molar-refractivity contribution in [2.75, 3.05) is 0 Å². The number of aromatic nitrogens is 3. The topological polar surface area (TPSA) is 51.8 Å². The fourth-order valence-electron chi connectivity index (χ4n) is 1.19. The van der Waals surface area contributed by atoms with Crippen LogP contribution in [0, 0.1) is 0 Å². The fourth-order valence-corrected chi connectivity index (χ4v) is 1.19. The van der Waals surface area contributed by atoms with Gasteiger partial charge < -0.3 is 4.52 Å². The molecule has 0 saturated carbocycles. The second-order valence-corrected chi connectivity index (χ2v) is 4.44. The predicted octanol–water partition coefficient (Wildman–Crippen LogP) is 2.43. The molecule has 0 aliphatic heterocycles. The molecule has 78 valence electrons. The molecule has 0 bridgehead atoms. The third kappa shape index (κ3) is 2.03. The van der Waals surface area contributed by atoms with E-state index in [0.29, 0.717) is 0 Å². The largest absolute Gasteiger partial charge is 0.360 e. The molecule has 4 nitrogen and oxygen atoms in total. The van der Waals surface area contributed by atoms with Gasteiger partial charge in [0.1, 0.15) is 17.1 Å². The summed E-state index contributed by atoms with van der Waals surface area (Å²) < 4.78 is 5.27. The van der Waals surface area contributed by atoms with Gasteiger partial charge in [0.05, 0.1) is 0 Å². The first-order chi connectivity index (χ1) is 7.07. The van der Waals surface area contributed by atoms with E-state index in [1.807, 2.05) is 18.2 Å². The summed E-state index contributed by atoms with van der Waals surface area (Å²) in [5.74, 6) is 0.850. The molecule has 0 amide bonds. The van der Waals surface area contributed by atoms with E-state index in [4.69, 9.17) is 4.52 Å². The van der Waals surface area contributed by atoms with Crippen molar-refractivity contribution in [3.05, 3.63) is 30.2 Å². The number of hydrogen-bond acceptors (Lipinski definition) is 4. The van der Waals surface area contributed by atoms with Crippen molar-refractivity contribution >= 4 is 0 Å². The molecule has 0 saturated heterocycles. The van der Waals surface area contributed by atoms with Gasteiger partial charge in [-0.1, -0.05) is 25.9 Å². The lowest BCUT2D eigenvalue weighted by Crippen LogP contribution is -2.09. The van der Waals surface area contributed by atoms with Crippen LogP contribution in [0.2, 0.25) is 0 Å². The number of hydrogen-bond donors (Lipinski definition) is 0. The third-order valence-corrected chi connectivity index (χ3v) is 2.08. The van der Waals surface area contributed by atoms with E-state index in [0.717, 1.165) is 17.1 Å². The van der Waals surface area contributed by atoms with Gasteiger partial charge in [0.15, 0.2) is 0 Å². The van der Waals surface area contributed by atoms with Crippen molar-refractivity contribution in [2.24, 2.45) is 0 Å². The highest BCUT2D eigenvalue weighted by atomic mass is 16.5. The molecule has 2 rings (SSSR count). The maximum absolute atomic E-state index is 5.27. The Balaban J connectivity index is 2.37. The molecule has 2 heterocycles. The Morgan fingerprint density at radius 2 is 2.00 bits per heavy atom. The van der Waals surface area contributed by atoms with E-state index < -0.39 is 0 Å². The Bertz CT molecular complexity index is 442. The summed E-state index contributed by atoms with van der Waals surface area (Å²) in [5, 5.41) is 11.7. The van der Waals surface area contributed by atoms with Crippen LogP contribution >= 0.6 is 0 Å². The smallest absolute Gasteiger partial charge is 0.142 e. The average molecular weight is 203 g/mol. The highest BCUT2D eigenvalue weighted by molar-refractivity contribution is 5.52. The summed E-state index contributed by atoms with van der Waals surface area (Å²) in [5.41, 5.74) is 1.43. The zero-order chi connectivity index (χ0) is 10.9. The predicted molar refractivity (Wildman–Crippen MR) is 56.2 cm³/mol. The first-order valence-electron chi connectivity index (χ1n) is 4.82. The molecule has 4 heteroatoms. The SMILES string of the molecule is CC(C)(C)c1cc(-c2cccnn2)no1. The fraction of sp³-hybridized carbons (Fsp3) is 0.364. The molecule has 0 fully saturated rings. The van der Waals surface area contributed by atoms with Crippen LogP contribution in [0.1, 0.15) is 26.5 Å². The van der Waals surface area contributed by atoms with Crippen LogP contribution < -0.4 is 0 Å². The van der Waals surface area contributed by atoms with Gasteiger partial charge in [0, 0.05) is 17.7 Å². The van der Waals surface area contributed by atoms with Crippen LogP contribution in [-0.4, -0.2) is 15.4 Å². The van der Waals surface area contributed by atoms with E-state index in [1.165, 1.54) is 0 Å². The van der Waals surface area contributed by atoms with Gasteiger partial charge in [-0.25, -0.2) is 0 Å². The van der Waals surface area contributed by atoms with Crippen LogP contribution in [-0.2, 0) is 5.41 Å². The van der Waals surface area contributed by atoms with Crippen LogP contribution in [0.15, 0.2) is 28.9 Å². The quantitative estimate of drug-likeness (QED) is 0.714. The first-order valence-corrected chi connectivity index (χ1v) is 4.82. The van der Waals surface area contributed by atoms with E-state index in [-0.39, 0.29) is 5.41 Å². The standard InChI is InChI=1S/C11H13N3O/c1-11(2,3)10-7-9(14-15-10)8-5-4-6-12-13-8/h4-7H,1-3H3. The van der Waals surface area contributed by atoms with Crippen LogP contribution in [0.4, 0.5) is 0 Å². The summed E-state index contributed by atoms with van der Waals surface area (Å²) in [4.78, 5) is 0. The summed E-state index contributed by atoms with van der Waals surface area (Å²) in [6.45, 7) is 6.23. The van der Waals surface area contributed by atoms with Crippen LogP contribution in [0.5, 0.6) is 0 Å². The minimum Gasteiger partial charge on any atom is -0.360 e. The van der Waals surface area contributed by atoms with Gasteiger partial charge >= 0.3 is 0 Å². The minimum atomic E-state index is -0.0343. The lowest BCUT2D eigenvalue weighted by molar-refractivity contribution is 0.330.